The Balaban J connectivity index is 1.52. The zero-order chi connectivity index (χ0) is 23.7. The van der Waals surface area contributed by atoms with Crippen LogP contribution >= 0.6 is 0 Å². The number of aromatic nitrogens is 6. The highest BCUT2D eigenvalue weighted by Crippen LogP contribution is 2.29. The maximum Gasteiger partial charge on any atom is 0.231 e. The van der Waals surface area contributed by atoms with E-state index in [1.807, 2.05) is 68.1 Å². The van der Waals surface area contributed by atoms with Crippen LogP contribution in [0.15, 0.2) is 61.1 Å². The van der Waals surface area contributed by atoms with Crippen LogP contribution in [0.3, 0.4) is 0 Å². The number of benzene rings is 2. The lowest BCUT2D eigenvalue weighted by atomic mass is 10.2. The molecule has 0 amide bonds. The number of hydrogen-bond acceptors (Lipinski definition) is 7. The molecule has 0 saturated carbocycles. The van der Waals surface area contributed by atoms with E-state index in [1.54, 1.807) is 13.4 Å². The number of imidazole rings is 2. The van der Waals surface area contributed by atoms with E-state index in [0.29, 0.717) is 24.1 Å². The van der Waals surface area contributed by atoms with Gasteiger partial charge in [0.05, 0.1) is 31.4 Å². The summed E-state index contributed by atoms with van der Waals surface area (Å²) in [6.45, 7) is 4.62. The Hall–Kier alpha value is -4.40. The van der Waals surface area contributed by atoms with Gasteiger partial charge in [-0.25, -0.2) is 9.97 Å². The minimum atomic E-state index is 0.472. The summed E-state index contributed by atoms with van der Waals surface area (Å²) in [7, 11) is 3.49. The summed E-state index contributed by atoms with van der Waals surface area (Å²) in [6, 6.07) is 16.1. The Morgan fingerprint density at radius 1 is 1.00 bits per heavy atom. The van der Waals surface area contributed by atoms with Crippen LogP contribution in [0.2, 0.25) is 0 Å². The molecule has 0 radical (unpaired) electrons. The second-order valence-electron chi connectivity index (χ2n) is 7.98. The monoisotopic (exact) mass is 454 g/mol. The number of nitrogens with one attached hydrogen (secondary N) is 2. The number of hydrogen-bond donors (Lipinski definition) is 2. The molecule has 0 aliphatic carbocycles. The third-order valence-corrected chi connectivity index (χ3v) is 5.63. The first kappa shape index (κ1) is 21.4. The number of rotatable bonds is 7. The Morgan fingerprint density at radius 2 is 1.82 bits per heavy atom. The van der Waals surface area contributed by atoms with Crippen LogP contribution in [-0.2, 0) is 6.54 Å². The van der Waals surface area contributed by atoms with Crippen LogP contribution in [0.4, 0.5) is 17.5 Å². The van der Waals surface area contributed by atoms with Crippen molar-refractivity contribution in [3.8, 4) is 11.4 Å². The van der Waals surface area contributed by atoms with Gasteiger partial charge in [0.2, 0.25) is 5.95 Å². The van der Waals surface area contributed by atoms with E-state index in [2.05, 4.69) is 37.3 Å². The predicted octanol–water partition coefficient (Wildman–Crippen LogP) is 4.47. The van der Waals surface area contributed by atoms with Crippen molar-refractivity contribution in [2.45, 2.75) is 20.4 Å². The Morgan fingerprint density at radius 3 is 2.53 bits per heavy atom. The molecule has 0 saturated heterocycles. The van der Waals surface area contributed by atoms with Gasteiger partial charge in [-0.15, -0.1) is 0 Å². The van der Waals surface area contributed by atoms with Crippen molar-refractivity contribution in [3.63, 3.8) is 0 Å². The molecule has 0 atom stereocenters. The topological polar surface area (TPSA) is 94.7 Å². The summed E-state index contributed by atoms with van der Waals surface area (Å²) in [6.07, 6.45) is 3.73. The number of fused-ring (bicyclic) bond motifs is 1. The van der Waals surface area contributed by atoms with Crippen molar-refractivity contribution in [1.29, 1.82) is 0 Å². The third-order valence-electron chi connectivity index (χ3n) is 5.63. The normalized spacial score (nSPS) is 11.1. The lowest BCUT2D eigenvalue weighted by Crippen LogP contribution is -2.06. The fourth-order valence-electron chi connectivity index (χ4n) is 3.95. The highest BCUT2D eigenvalue weighted by molar-refractivity contribution is 5.85. The lowest BCUT2D eigenvalue weighted by Gasteiger charge is -2.13. The molecule has 9 heteroatoms. The van der Waals surface area contributed by atoms with Crippen LogP contribution in [0.5, 0.6) is 5.75 Å². The Labute approximate surface area is 197 Å². The molecule has 9 nitrogen and oxygen atoms in total. The quantitative estimate of drug-likeness (QED) is 0.375. The van der Waals surface area contributed by atoms with Gasteiger partial charge in [-0.1, -0.05) is 30.3 Å². The molecule has 0 fully saturated rings. The molecule has 2 N–H and O–H groups in total. The standard InChI is InChI=1S/C25H26N8O/c1-16-13-32(15-27-16)20-11-10-19(12-21(20)34-4)29-25-30-23(26-3)22-24(31-25)33(17(2)28-22)14-18-8-6-5-7-9-18/h5-13,15H,14H2,1-4H3,(H2,26,29,30,31). The first-order chi connectivity index (χ1) is 16.6. The van der Waals surface area contributed by atoms with Crippen molar-refractivity contribution in [3.05, 3.63) is 78.1 Å². The van der Waals surface area contributed by atoms with Crippen molar-refractivity contribution in [1.82, 2.24) is 29.1 Å². The van der Waals surface area contributed by atoms with E-state index in [1.165, 1.54) is 5.56 Å². The minimum absolute atomic E-state index is 0.472. The van der Waals surface area contributed by atoms with Crippen molar-refractivity contribution in [2.24, 2.45) is 0 Å². The largest absolute Gasteiger partial charge is 0.494 e. The zero-order valence-electron chi connectivity index (χ0n) is 19.6. The molecule has 5 rings (SSSR count). The molecule has 3 aromatic heterocycles. The first-order valence-electron chi connectivity index (χ1n) is 11.0. The molecular formula is C25H26N8O. The van der Waals surface area contributed by atoms with E-state index in [9.17, 15) is 0 Å². The molecule has 0 unspecified atom stereocenters. The van der Waals surface area contributed by atoms with Gasteiger partial charge in [-0.3, -0.25) is 0 Å². The Bertz CT molecular complexity index is 1460. The van der Waals surface area contributed by atoms with Gasteiger partial charge in [0, 0.05) is 25.0 Å². The molecule has 172 valence electrons. The number of anilines is 3. The molecule has 2 aromatic carbocycles. The van der Waals surface area contributed by atoms with Crippen LogP contribution in [0.1, 0.15) is 17.1 Å². The second kappa shape index (κ2) is 8.86. The summed E-state index contributed by atoms with van der Waals surface area (Å²) in [5.74, 6) is 2.73. The maximum atomic E-state index is 5.64. The predicted molar refractivity (Wildman–Crippen MR) is 133 cm³/mol. The average molecular weight is 455 g/mol. The van der Waals surface area contributed by atoms with Gasteiger partial charge in [0.1, 0.15) is 11.6 Å². The zero-order valence-corrected chi connectivity index (χ0v) is 19.6. The van der Waals surface area contributed by atoms with Crippen LogP contribution < -0.4 is 15.4 Å². The van der Waals surface area contributed by atoms with Crippen LogP contribution in [0.25, 0.3) is 16.9 Å². The number of aryl methyl sites for hydroxylation is 2. The van der Waals surface area contributed by atoms with E-state index in [0.717, 1.165) is 34.1 Å². The van der Waals surface area contributed by atoms with E-state index in [-0.39, 0.29) is 0 Å². The molecule has 0 aliphatic rings. The SMILES string of the molecule is CNc1nc(Nc2ccc(-n3cnc(C)c3)c(OC)c2)nc2c1nc(C)n2Cc1ccccc1. The summed E-state index contributed by atoms with van der Waals surface area (Å²) in [4.78, 5) is 18.5. The highest BCUT2D eigenvalue weighted by Gasteiger charge is 2.16. The maximum absolute atomic E-state index is 5.64. The summed E-state index contributed by atoms with van der Waals surface area (Å²) >= 11 is 0. The first-order valence-corrected chi connectivity index (χ1v) is 11.0. The Kier molecular flexibility index (Phi) is 5.59. The molecule has 0 aliphatic heterocycles. The van der Waals surface area contributed by atoms with Crippen molar-refractivity contribution in [2.75, 3.05) is 24.8 Å². The summed E-state index contributed by atoms with van der Waals surface area (Å²) < 4.78 is 9.67. The van der Waals surface area contributed by atoms with Crippen LogP contribution in [0, 0.1) is 13.8 Å². The second-order valence-corrected chi connectivity index (χ2v) is 7.98. The van der Waals surface area contributed by atoms with Gasteiger partial charge < -0.3 is 24.5 Å². The molecular weight excluding hydrogens is 428 g/mol. The van der Waals surface area contributed by atoms with Gasteiger partial charge in [-0.2, -0.15) is 9.97 Å². The van der Waals surface area contributed by atoms with Gasteiger partial charge in [0.25, 0.3) is 0 Å². The fourth-order valence-corrected chi connectivity index (χ4v) is 3.95. The van der Waals surface area contributed by atoms with Crippen molar-refractivity contribution >= 4 is 28.6 Å². The van der Waals surface area contributed by atoms with E-state index < -0.39 is 0 Å². The van der Waals surface area contributed by atoms with Gasteiger partial charge in [0.15, 0.2) is 17.0 Å². The van der Waals surface area contributed by atoms with Crippen molar-refractivity contribution < 1.29 is 4.74 Å². The molecule has 0 spiro atoms. The van der Waals surface area contributed by atoms with E-state index in [4.69, 9.17) is 14.7 Å². The number of methoxy groups -OCH3 is 1. The molecule has 5 aromatic rings. The molecule has 34 heavy (non-hydrogen) atoms. The summed E-state index contributed by atoms with van der Waals surface area (Å²) in [5, 5.41) is 6.48. The van der Waals surface area contributed by atoms with Gasteiger partial charge in [-0.05, 0) is 31.5 Å². The molecule has 3 heterocycles. The molecule has 0 bridgehead atoms. The number of ether oxygens (including phenoxy) is 1. The highest BCUT2D eigenvalue weighted by atomic mass is 16.5. The summed E-state index contributed by atoms with van der Waals surface area (Å²) in [5.41, 5.74) is 5.33. The number of nitrogens with zero attached hydrogens (tertiary/aromatic N) is 6. The van der Waals surface area contributed by atoms with E-state index >= 15 is 0 Å². The van der Waals surface area contributed by atoms with Crippen LogP contribution in [-0.4, -0.2) is 43.2 Å². The fraction of sp³-hybridized carbons (Fsp3) is 0.200. The third kappa shape index (κ3) is 4.03. The van der Waals surface area contributed by atoms with Gasteiger partial charge >= 0.3 is 0 Å². The smallest absolute Gasteiger partial charge is 0.231 e. The minimum Gasteiger partial charge on any atom is -0.494 e. The lowest BCUT2D eigenvalue weighted by molar-refractivity contribution is 0.413. The average Bonchev–Trinajstić information content (AvgIpc) is 3.42.